The molecule has 2 aromatic rings. The number of nitrogens with one attached hydrogen (secondary N) is 1. The van der Waals surface area contributed by atoms with Gasteiger partial charge in [-0.15, -0.1) is 0 Å². The molecule has 0 fully saturated rings. The number of nitro benzene ring substituents is 1. The third-order valence-corrected chi connectivity index (χ3v) is 3.72. The minimum absolute atomic E-state index is 0.178. The number of hydrogen-bond donors (Lipinski definition) is 1. The average Bonchev–Trinajstić information content (AvgIpc) is 2.56. The zero-order chi connectivity index (χ0) is 17.7. The summed E-state index contributed by atoms with van der Waals surface area (Å²) >= 11 is 5.99. The van der Waals surface area contributed by atoms with Crippen LogP contribution in [0.2, 0.25) is 5.02 Å². The third-order valence-electron chi connectivity index (χ3n) is 3.31. The maximum atomic E-state index is 12.3. The van der Waals surface area contributed by atoms with E-state index in [0.717, 1.165) is 0 Å². The first-order valence-electron chi connectivity index (χ1n) is 6.85. The molecule has 0 spiro atoms. The highest BCUT2D eigenvalue weighted by atomic mass is 35.5. The number of nitriles is 1. The first-order valence-corrected chi connectivity index (χ1v) is 7.23. The van der Waals surface area contributed by atoms with Gasteiger partial charge in [0.1, 0.15) is 11.6 Å². The van der Waals surface area contributed by atoms with E-state index >= 15 is 0 Å². The van der Waals surface area contributed by atoms with Crippen molar-refractivity contribution in [1.82, 2.24) is 0 Å². The van der Waals surface area contributed by atoms with Gasteiger partial charge in [0, 0.05) is 16.8 Å². The van der Waals surface area contributed by atoms with Crippen LogP contribution in [-0.4, -0.2) is 10.8 Å². The van der Waals surface area contributed by atoms with Gasteiger partial charge in [-0.05, 0) is 36.8 Å². The molecule has 0 saturated heterocycles. The molecule has 2 rings (SSSR count). The number of anilines is 1. The van der Waals surface area contributed by atoms with Crippen molar-refractivity contribution >= 4 is 35.0 Å². The molecule has 0 radical (unpaired) electrons. The number of halogens is 1. The molecule has 7 heteroatoms. The number of rotatable bonds is 4. The molecule has 2 aromatic carbocycles. The van der Waals surface area contributed by atoms with E-state index in [1.54, 1.807) is 37.3 Å². The smallest absolute Gasteiger partial charge is 0.276 e. The Balaban J connectivity index is 2.35. The zero-order valence-corrected chi connectivity index (χ0v) is 13.4. The number of carbonyl (C=O) groups is 1. The van der Waals surface area contributed by atoms with Crippen LogP contribution < -0.4 is 5.32 Å². The van der Waals surface area contributed by atoms with Crippen molar-refractivity contribution in [2.24, 2.45) is 0 Å². The molecule has 1 N–H and O–H groups in total. The largest absolute Gasteiger partial charge is 0.321 e. The predicted octanol–water partition coefficient (Wildman–Crippen LogP) is 4.10. The summed E-state index contributed by atoms with van der Waals surface area (Å²) in [5, 5.41) is 23.3. The second-order valence-corrected chi connectivity index (χ2v) is 5.26. The quantitative estimate of drug-likeness (QED) is 0.392. The highest BCUT2D eigenvalue weighted by Gasteiger charge is 2.16. The van der Waals surface area contributed by atoms with Crippen molar-refractivity contribution in [3.63, 3.8) is 0 Å². The van der Waals surface area contributed by atoms with Gasteiger partial charge >= 0.3 is 0 Å². The summed E-state index contributed by atoms with van der Waals surface area (Å²) in [6.07, 6.45) is 1.19. The van der Waals surface area contributed by atoms with Gasteiger partial charge < -0.3 is 5.32 Å². The zero-order valence-electron chi connectivity index (χ0n) is 12.6. The molecule has 0 aliphatic carbocycles. The summed E-state index contributed by atoms with van der Waals surface area (Å²) < 4.78 is 0. The minimum Gasteiger partial charge on any atom is -0.321 e. The van der Waals surface area contributed by atoms with Crippen LogP contribution in [0.1, 0.15) is 11.1 Å². The number of hydrogen-bond acceptors (Lipinski definition) is 4. The normalized spacial score (nSPS) is 10.8. The molecular formula is C17H12ClN3O3. The summed E-state index contributed by atoms with van der Waals surface area (Å²) in [6.45, 7) is 1.73. The lowest BCUT2D eigenvalue weighted by Crippen LogP contribution is -2.14. The molecule has 0 heterocycles. The molecule has 0 bridgehead atoms. The number of nitro groups is 1. The summed E-state index contributed by atoms with van der Waals surface area (Å²) in [6, 6.07) is 12.6. The van der Waals surface area contributed by atoms with Crippen LogP contribution in [0.25, 0.3) is 6.08 Å². The molecule has 0 saturated carbocycles. The van der Waals surface area contributed by atoms with E-state index in [1.165, 1.54) is 24.3 Å². The topological polar surface area (TPSA) is 96.0 Å². The van der Waals surface area contributed by atoms with Gasteiger partial charge in [-0.1, -0.05) is 29.8 Å². The van der Waals surface area contributed by atoms with Crippen molar-refractivity contribution in [2.45, 2.75) is 6.92 Å². The van der Waals surface area contributed by atoms with Crippen LogP contribution in [0.5, 0.6) is 0 Å². The maximum Gasteiger partial charge on any atom is 0.276 e. The SMILES string of the molecule is Cc1c(Cl)cccc1NC(=O)/C(C#N)=C\c1ccccc1[N+](=O)[O-]. The van der Waals surface area contributed by atoms with Gasteiger partial charge in [0.05, 0.1) is 10.5 Å². The van der Waals surface area contributed by atoms with Crippen molar-refractivity contribution in [2.75, 3.05) is 5.32 Å². The van der Waals surface area contributed by atoms with Gasteiger partial charge in [-0.3, -0.25) is 14.9 Å². The molecular weight excluding hydrogens is 330 g/mol. The fourth-order valence-electron chi connectivity index (χ4n) is 2.01. The minimum atomic E-state index is -0.666. The number of carbonyl (C=O) groups excluding carboxylic acids is 1. The Morgan fingerprint density at radius 1 is 1.29 bits per heavy atom. The van der Waals surface area contributed by atoms with Crippen molar-refractivity contribution in [3.05, 3.63) is 74.3 Å². The first kappa shape index (κ1) is 17.2. The van der Waals surface area contributed by atoms with Gasteiger partial charge in [-0.2, -0.15) is 5.26 Å². The van der Waals surface area contributed by atoms with E-state index in [0.29, 0.717) is 16.3 Å². The van der Waals surface area contributed by atoms with Crippen LogP contribution in [-0.2, 0) is 4.79 Å². The van der Waals surface area contributed by atoms with Crippen molar-refractivity contribution in [1.29, 1.82) is 5.26 Å². The van der Waals surface area contributed by atoms with E-state index in [9.17, 15) is 20.2 Å². The van der Waals surface area contributed by atoms with Crippen LogP contribution in [0.15, 0.2) is 48.0 Å². The standard InChI is InChI=1S/C17H12ClN3O3/c1-11-14(18)6-4-7-15(11)20-17(22)13(10-19)9-12-5-2-3-8-16(12)21(23)24/h2-9H,1H3,(H,20,22)/b13-9-. The highest BCUT2D eigenvalue weighted by Crippen LogP contribution is 2.24. The monoisotopic (exact) mass is 341 g/mol. The molecule has 0 unspecified atom stereocenters. The number of amides is 1. The van der Waals surface area contributed by atoms with Crippen LogP contribution in [0, 0.1) is 28.4 Å². The van der Waals surface area contributed by atoms with E-state index < -0.39 is 10.8 Å². The van der Waals surface area contributed by atoms with Crippen molar-refractivity contribution < 1.29 is 9.72 Å². The van der Waals surface area contributed by atoms with Gasteiger partial charge in [0.2, 0.25) is 0 Å². The lowest BCUT2D eigenvalue weighted by Gasteiger charge is -2.08. The summed E-state index contributed by atoms with van der Waals surface area (Å²) in [7, 11) is 0. The molecule has 6 nitrogen and oxygen atoms in total. The predicted molar refractivity (Wildman–Crippen MR) is 91.5 cm³/mol. The van der Waals surface area contributed by atoms with Crippen molar-refractivity contribution in [3.8, 4) is 6.07 Å². The second kappa shape index (κ2) is 7.40. The maximum absolute atomic E-state index is 12.3. The third kappa shape index (κ3) is 3.77. The van der Waals surface area contributed by atoms with Gasteiger partial charge in [-0.25, -0.2) is 0 Å². The molecule has 1 amide bonds. The molecule has 120 valence electrons. The Morgan fingerprint density at radius 3 is 2.67 bits per heavy atom. The number of nitrogens with zero attached hydrogens (tertiary/aromatic N) is 2. The lowest BCUT2D eigenvalue weighted by atomic mass is 10.1. The Hall–Kier alpha value is -3.17. The Bertz CT molecular complexity index is 885. The summed E-state index contributed by atoms with van der Waals surface area (Å²) in [5.41, 5.74) is 0.879. The van der Waals surface area contributed by atoms with Gasteiger partial charge in [0.15, 0.2) is 0 Å². The number of benzene rings is 2. The summed E-state index contributed by atoms with van der Waals surface area (Å²) in [4.78, 5) is 22.7. The second-order valence-electron chi connectivity index (χ2n) is 4.85. The van der Waals surface area contributed by atoms with Crippen LogP contribution in [0.4, 0.5) is 11.4 Å². The summed E-state index contributed by atoms with van der Waals surface area (Å²) in [5.74, 6) is -0.666. The first-order chi connectivity index (χ1) is 11.4. The molecule has 24 heavy (non-hydrogen) atoms. The van der Waals surface area contributed by atoms with Gasteiger partial charge in [0.25, 0.3) is 11.6 Å². The average molecular weight is 342 g/mol. The van der Waals surface area contributed by atoms with Crippen LogP contribution in [0.3, 0.4) is 0 Å². The van der Waals surface area contributed by atoms with E-state index in [4.69, 9.17) is 11.6 Å². The molecule has 0 aliphatic heterocycles. The fraction of sp³-hybridized carbons (Fsp3) is 0.0588. The van der Waals surface area contributed by atoms with E-state index in [-0.39, 0.29) is 16.8 Å². The fourth-order valence-corrected chi connectivity index (χ4v) is 2.19. The van der Waals surface area contributed by atoms with E-state index in [2.05, 4.69) is 5.32 Å². The Kier molecular flexibility index (Phi) is 5.30. The Labute approximate surface area is 143 Å². The van der Waals surface area contributed by atoms with E-state index in [1.807, 2.05) is 0 Å². The Morgan fingerprint density at radius 2 is 2.00 bits per heavy atom. The molecule has 0 aliphatic rings. The van der Waals surface area contributed by atoms with Crippen LogP contribution >= 0.6 is 11.6 Å². The lowest BCUT2D eigenvalue weighted by molar-refractivity contribution is -0.385. The highest BCUT2D eigenvalue weighted by molar-refractivity contribution is 6.31. The number of para-hydroxylation sites is 1. The molecule has 0 aromatic heterocycles. The molecule has 0 atom stereocenters.